The Balaban J connectivity index is 2.14. The zero-order valence-electron chi connectivity index (χ0n) is 16.5. The summed E-state index contributed by atoms with van der Waals surface area (Å²) in [7, 11) is 1.73. The van der Waals surface area contributed by atoms with Crippen molar-refractivity contribution >= 4 is 11.5 Å². The molecule has 0 atom stereocenters. The second-order valence-corrected chi connectivity index (χ2v) is 6.89. The lowest BCUT2D eigenvalue weighted by Crippen LogP contribution is -2.38. The molecule has 6 heteroatoms. The van der Waals surface area contributed by atoms with Crippen molar-refractivity contribution in [1.29, 1.82) is 0 Å². The summed E-state index contributed by atoms with van der Waals surface area (Å²) in [6, 6.07) is 21.2. The molecule has 0 aliphatic heterocycles. The molecule has 0 aliphatic carbocycles. The molecular weight excluding hydrogens is 380 g/mol. The minimum Gasteiger partial charge on any atom is -0.464 e. The number of pyridine rings is 1. The Morgan fingerprint density at radius 3 is 2.17 bits per heavy atom. The number of rotatable bonds is 5. The first-order valence-corrected chi connectivity index (χ1v) is 9.40. The fourth-order valence-electron chi connectivity index (χ4n) is 3.69. The van der Waals surface area contributed by atoms with Crippen LogP contribution in [0.15, 0.2) is 83.5 Å². The summed E-state index contributed by atoms with van der Waals surface area (Å²) in [5.74, 6) is -0.0142. The highest BCUT2D eigenvalue weighted by Crippen LogP contribution is 2.41. The van der Waals surface area contributed by atoms with Gasteiger partial charge in [0, 0.05) is 12.5 Å². The van der Waals surface area contributed by atoms with Gasteiger partial charge >= 0.3 is 5.69 Å². The van der Waals surface area contributed by atoms with Crippen molar-refractivity contribution in [2.24, 2.45) is 7.05 Å². The number of aromatic nitrogens is 1. The lowest BCUT2D eigenvalue weighted by atomic mass is 9.92. The molecule has 0 bridgehead atoms. The van der Waals surface area contributed by atoms with Gasteiger partial charge in [-0.15, -0.1) is 0 Å². The third-order valence-electron chi connectivity index (χ3n) is 5.17. The van der Waals surface area contributed by atoms with Gasteiger partial charge in [-0.2, -0.15) is 4.57 Å². The third-order valence-corrected chi connectivity index (χ3v) is 5.17. The van der Waals surface area contributed by atoms with Gasteiger partial charge in [0.25, 0.3) is 5.69 Å². The molecule has 4 rings (SSSR count). The van der Waals surface area contributed by atoms with E-state index in [1.165, 1.54) is 6.26 Å². The molecule has 0 radical (unpaired) electrons. The molecule has 0 saturated heterocycles. The molecule has 2 aromatic heterocycles. The summed E-state index contributed by atoms with van der Waals surface area (Å²) >= 11 is 0. The van der Waals surface area contributed by atoms with Gasteiger partial charge in [0.2, 0.25) is 0 Å². The first kappa shape index (κ1) is 19.3. The van der Waals surface area contributed by atoms with Crippen LogP contribution in [0.1, 0.15) is 21.6 Å². The van der Waals surface area contributed by atoms with E-state index in [1.54, 1.807) is 54.9 Å². The normalized spacial score (nSPS) is 10.7. The number of carbonyl (C=O) groups is 1. The molecule has 30 heavy (non-hydrogen) atoms. The molecule has 2 heterocycles. The van der Waals surface area contributed by atoms with Crippen molar-refractivity contribution in [2.75, 3.05) is 0 Å². The van der Waals surface area contributed by atoms with Crippen molar-refractivity contribution in [3.63, 3.8) is 0 Å². The van der Waals surface area contributed by atoms with Crippen molar-refractivity contribution < 1.29 is 18.7 Å². The Kier molecular flexibility index (Phi) is 4.98. The zero-order chi connectivity index (χ0) is 21.3. The minimum atomic E-state index is -0.443. The number of ketones is 1. The summed E-state index contributed by atoms with van der Waals surface area (Å²) in [6.45, 7) is 1.79. The van der Waals surface area contributed by atoms with Crippen LogP contribution in [0.4, 0.5) is 5.69 Å². The largest absolute Gasteiger partial charge is 0.464 e. The number of hydrogen-bond donors (Lipinski definition) is 0. The van der Waals surface area contributed by atoms with Gasteiger partial charge in [-0.05, 0) is 24.3 Å². The van der Waals surface area contributed by atoms with Crippen LogP contribution in [0, 0.1) is 17.0 Å². The van der Waals surface area contributed by atoms with Crippen LogP contribution in [0.25, 0.3) is 22.6 Å². The Morgan fingerprint density at radius 2 is 1.60 bits per heavy atom. The first-order valence-electron chi connectivity index (χ1n) is 9.40. The van der Waals surface area contributed by atoms with E-state index in [1.807, 2.05) is 36.4 Å². The molecule has 6 nitrogen and oxygen atoms in total. The summed E-state index contributed by atoms with van der Waals surface area (Å²) in [5.41, 5.74) is 2.44. The molecule has 0 amide bonds. The van der Waals surface area contributed by atoms with Crippen molar-refractivity contribution in [2.45, 2.75) is 6.92 Å². The Morgan fingerprint density at radius 1 is 0.967 bits per heavy atom. The maximum Gasteiger partial charge on any atom is 0.352 e. The van der Waals surface area contributed by atoms with Gasteiger partial charge in [0.1, 0.15) is 23.9 Å². The van der Waals surface area contributed by atoms with E-state index >= 15 is 0 Å². The summed E-state index contributed by atoms with van der Waals surface area (Å²) < 4.78 is 7.26. The molecule has 0 fully saturated rings. The smallest absolute Gasteiger partial charge is 0.352 e. The van der Waals surface area contributed by atoms with E-state index < -0.39 is 4.92 Å². The van der Waals surface area contributed by atoms with Crippen molar-refractivity contribution in [3.05, 3.63) is 106 Å². The molecule has 0 unspecified atom stereocenters. The van der Waals surface area contributed by atoms with Gasteiger partial charge in [0.15, 0.2) is 11.5 Å². The lowest BCUT2D eigenvalue weighted by molar-refractivity contribution is -0.669. The van der Waals surface area contributed by atoms with Crippen molar-refractivity contribution in [1.82, 2.24) is 0 Å². The molecule has 0 N–H and O–H groups in total. The maximum atomic E-state index is 13.5. The van der Waals surface area contributed by atoms with Crippen LogP contribution >= 0.6 is 0 Å². The number of furan rings is 1. The van der Waals surface area contributed by atoms with Gasteiger partial charge < -0.3 is 4.42 Å². The van der Waals surface area contributed by atoms with Crippen LogP contribution in [0.2, 0.25) is 0 Å². The Labute approximate surface area is 173 Å². The first-order chi connectivity index (χ1) is 14.5. The summed E-state index contributed by atoms with van der Waals surface area (Å²) in [5, 5.41) is 12.3. The molecule has 2 aromatic carbocycles. The monoisotopic (exact) mass is 399 g/mol. The molecule has 148 valence electrons. The molecule has 0 saturated carbocycles. The SMILES string of the molecule is Cc1c(C(=O)c2ccccc2)c(-c2ccco2)c([N+](=O)[O-])c(-c2ccccc2)[n+]1C. The molecular formula is C24H19N2O4+. The number of nitrogens with zero attached hydrogens (tertiary/aromatic N) is 2. The van der Waals surface area contributed by atoms with E-state index in [-0.39, 0.29) is 28.4 Å². The highest BCUT2D eigenvalue weighted by atomic mass is 16.6. The zero-order valence-corrected chi connectivity index (χ0v) is 16.5. The molecule has 0 spiro atoms. The van der Waals surface area contributed by atoms with Crippen LogP contribution in [-0.2, 0) is 7.05 Å². The minimum absolute atomic E-state index is 0.163. The summed E-state index contributed by atoms with van der Waals surface area (Å²) in [4.78, 5) is 25.4. The van der Waals surface area contributed by atoms with Crippen LogP contribution in [-0.4, -0.2) is 10.7 Å². The van der Waals surface area contributed by atoms with Crippen LogP contribution < -0.4 is 4.57 Å². The molecule has 4 aromatic rings. The number of benzene rings is 2. The fraction of sp³-hybridized carbons (Fsp3) is 0.0833. The van der Waals surface area contributed by atoms with Gasteiger partial charge in [0.05, 0.1) is 16.7 Å². The van der Waals surface area contributed by atoms with Crippen LogP contribution in [0.3, 0.4) is 0 Å². The summed E-state index contributed by atoms with van der Waals surface area (Å²) in [6.07, 6.45) is 1.44. The standard InChI is InChI=1S/C24H19N2O4/c1-16-20(24(27)18-12-7-4-8-13-18)21(19-14-9-15-30-19)23(26(28)29)22(25(16)2)17-10-5-3-6-11-17/h3-15H,1-2H3/q+1. The van der Waals surface area contributed by atoms with Gasteiger partial charge in [-0.25, -0.2) is 0 Å². The van der Waals surface area contributed by atoms with E-state index in [2.05, 4.69) is 0 Å². The lowest BCUT2D eigenvalue weighted by Gasteiger charge is -2.13. The van der Waals surface area contributed by atoms with E-state index in [0.29, 0.717) is 22.5 Å². The van der Waals surface area contributed by atoms with Crippen molar-refractivity contribution in [3.8, 4) is 22.6 Å². The highest BCUT2D eigenvalue weighted by molar-refractivity contribution is 6.14. The number of hydrogen-bond acceptors (Lipinski definition) is 4. The fourth-order valence-corrected chi connectivity index (χ4v) is 3.69. The average Bonchev–Trinajstić information content (AvgIpc) is 3.30. The van der Waals surface area contributed by atoms with Gasteiger partial charge in [-0.3, -0.25) is 14.9 Å². The quantitative estimate of drug-likeness (QED) is 0.207. The topological polar surface area (TPSA) is 77.2 Å². The predicted octanol–water partition coefficient (Wildman–Crippen LogP) is 4.89. The highest BCUT2D eigenvalue weighted by Gasteiger charge is 2.39. The molecule has 0 aliphatic rings. The second kappa shape index (κ2) is 7.75. The van der Waals surface area contributed by atoms with Gasteiger partial charge in [-0.1, -0.05) is 48.5 Å². The van der Waals surface area contributed by atoms with E-state index in [9.17, 15) is 14.9 Å². The van der Waals surface area contributed by atoms with E-state index in [4.69, 9.17) is 4.42 Å². The maximum absolute atomic E-state index is 13.5. The average molecular weight is 399 g/mol. The number of carbonyl (C=O) groups excluding carboxylic acids is 1. The Hall–Kier alpha value is -4.06. The number of nitro groups is 1. The second-order valence-electron chi connectivity index (χ2n) is 6.89. The Bertz CT molecular complexity index is 1230. The van der Waals surface area contributed by atoms with Crippen LogP contribution in [0.5, 0.6) is 0 Å². The third kappa shape index (κ3) is 3.18. The van der Waals surface area contributed by atoms with E-state index in [0.717, 1.165) is 0 Å². The predicted molar refractivity (Wildman–Crippen MR) is 112 cm³/mol.